The molecule has 1 heterocycles. The third-order valence-corrected chi connectivity index (χ3v) is 1.41. The first-order valence-corrected chi connectivity index (χ1v) is 3.48. The highest BCUT2D eigenvalue weighted by Crippen LogP contribution is 2.25. The fourth-order valence-corrected chi connectivity index (χ4v) is 0.700. The zero-order valence-electron chi connectivity index (χ0n) is 6.71. The molecule has 1 atom stereocenters. The average molecular weight is 192 g/mol. The van der Waals surface area contributed by atoms with Gasteiger partial charge in [-0.15, -0.1) is 0 Å². The quantitative estimate of drug-likeness (QED) is 0.734. The minimum Gasteiger partial charge on any atom is -0.389 e. The van der Waals surface area contributed by atoms with Crippen LogP contribution in [0.25, 0.3) is 0 Å². The van der Waals surface area contributed by atoms with Crippen molar-refractivity contribution in [3.05, 3.63) is 23.8 Å². The van der Waals surface area contributed by atoms with Gasteiger partial charge in [0.05, 0.1) is 6.10 Å². The molecule has 1 rings (SSSR count). The van der Waals surface area contributed by atoms with Gasteiger partial charge in [-0.2, -0.15) is 13.2 Å². The van der Waals surface area contributed by atoms with Crippen LogP contribution in [-0.2, 0) is 6.18 Å². The van der Waals surface area contributed by atoms with Crippen molar-refractivity contribution in [2.75, 3.05) is 0 Å². The average Bonchev–Trinajstić information content (AvgIpc) is 2.03. The molecule has 0 aliphatic heterocycles. The van der Waals surface area contributed by atoms with Crippen molar-refractivity contribution >= 4 is 0 Å². The number of aliphatic hydroxyl groups excluding tert-OH is 1. The first-order chi connectivity index (χ1) is 5.91. The van der Waals surface area contributed by atoms with Gasteiger partial charge in [-0.3, -0.25) is 0 Å². The maximum absolute atomic E-state index is 11.9. The molecule has 0 aliphatic carbocycles. The van der Waals surface area contributed by atoms with Crippen LogP contribution >= 0.6 is 0 Å². The highest BCUT2D eigenvalue weighted by Gasteiger charge is 2.34. The smallest absolute Gasteiger partial charge is 0.389 e. The van der Waals surface area contributed by atoms with Gasteiger partial charge >= 0.3 is 6.18 Å². The van der Waals surface area contributed by atoms with Crippen LogP contribution in [0.5, 0.6) is 0 Å². The van der Waals surface area contributed by atoms with E-state index in [-0.39, 0.29) is 5.56 Å². The van der Waals surface area contributed by atoms with Gasteiger partial charge in [0, 0.05) is 18.0 Å². The van der Waals surface area contributed by atoms with E-state index in [0.29, 0.717) is 0 Å². The van der Waals surface area contributed by atoms with Gasteiger partial charge in [-0.25, -0.2) is 9.97 Å². The van der Waals surface area contributed by atoms with Gasteiger partial charge in [0.2, 0.25) is 5.82 Å². The third-order valence-electron chi connectivity index (χ3n) is 1.41. The molecule has 0 saturated heterocycles. The lowest BCUT2D eigenvalue weighted by atomic mass is 10.2. The number of hydrogen-bond donors (Lipinski definition) is 1. The van der Waals surface area contributed by atoms with E-state index in [1.165, 1.54) is 6.92 Å². The second-order valence-electron chi connectivity index (χ2n) is 2.51. The Bertz CT molecular complexity index is 281. The summed E-state index contributed by atoms with van der Waals surface area (Å²) in [5, 5.41) is 8.96. The number of aromatic nitrogens is 2. The summed E-state index contributed by atoms with van der Waals surface area (Å²) >= 11 is 0. The third kappa shape index (κ3) is 2.38. The second-order valence-corrected chi connectivity index (χ2v) is 2.51. The fourth-order valence-electron chi connectivity index (χ4n) is 0.700. The van der Waals surface area contributed by atoms with E-state index in [0.717, 1.165) is 12.4 Å². The molecular formula is C7H7F3N2O. The topological polar surface area (TPSA) is 46.0 Å². The molecular weight excluding hydrogens is 185 g/mol. The van der Waals surface area contributed by atoms with Gasteiger partial charge in [0.1, 0.15) is 0 Å². The standard InChI is InChI=1S/C7H7F3N2O/c1-4(13)5-2-11-6(12-3-5)7(8,9)10/h2-4,13H,1H3. The molecule has 13 heavy (non-hydrogen) atoms. The molecule has 0 amide bonds. The normalized spacial score (nSPS) is 14.2. The molecule has 0 fully saturated rings. The molecule has 0 radical (unpaired) electrons. The Balaban J connectivity index is 2.94. The van der Waals surface area contributed by atoms with Gasteiger partial charge in [0.15, 0.2) is 0 Å². The summed E-state index contributed by atoms with van der Waals surface area (Å²) in [7, 11) is 0. The molecule has 0 aromatic carbocycles. The van der Waals surface area contributed by atoms with Gasteiger partial charge < -0.3 is 5.11 Å². The molecule has 6 heteroatoms. The van der Waals surface area contributed by atoms with Crippen LogP contribution in [0.1, 0.15) is 24.4 Å². The molecule has 1 aromatic heterocycles. The number of aliphatic hydroxyl groups is 1. The van der Waals surface area contributed by atoms with E-state index in [2.05, 4.69) is 9.97 Å². The number of halogens is 3. The summed E-state index contributed by atoms with van der Waals surface area (Å²) in [6, 6.07) is 0. The van der Waals surface area contributed by atoms with Crippen molar-refractivity contribution in [2.45, 2.75) is 19.2 Å². The zero-order valence-corrected chi connectivity index (χ0v) is 6.71. The highest BCUT2D eigenvalue weighted by molar-refractivity contribution is 5.08. The SMILES string of the molecule is CC(O)c1cnc(C(F)(F)F)nc1. The molecule has 3 nitrogen and oxygen atoms in total. The number of rotatable bonds is 1. The van der Waals surface area contributed by atoms with Crippen LogP contribution in [0.15, 0.2) is 12.4 Å². The summed E-state index contributed by atoms with van der Waals surface area (Å²) < 4.78 is 35.8. The van der Waals surface area contributed by atoms with Gasteiger partial charge in [-0.05, 0) is 6.92 Å². The van der Waals surface area contributed by atoms with Crippen LogP contribution in [-0.4, -0.2) is 15.1 Å². The highest BCUT2D eigenvalue weighted by atomic mass is 19.4. The molecule has 0 saturated carbocycles. The Morgan fingerprint density at radius 1 is 1.31 bits per heavy atom. The summed E-state index contributed by atoms with van der Waals surface area (Å²) in [5.41, 5.74) is 0.257. The Hall–Kier alpha value is -1.17. The Labute approximate surface area is 72.3 Å². The number of alkyl halides is 3. The number of hydrogen-bond acceptors (Lipinski definition) is 3. The maximum Gasteiger partial charge on any atom is 0.451 e. The van der Waals surface area contributed by atoms with Gasteiger partial charge in [0.25, 0.3) is 0 Å². The van der Waals surface area contributed by atoms with Crippen LogP contribution in [0.4, 0.5) is 13.2 Å². The van der Waals surface area contributed by atoms with E-state index in [1.54, 1.807) is 0 Å². The van der Waals surface area contributed by atoms with E-state index < -0.39 is 18.1 Å². The minimum atomic E-state index is -4.53. The van der Waals surface area contributed by atoms with Gasteiger partial charge in [-0.1, -0.05) is 0 Å². The van der Waals surface area contributed by atoms with Crippen molar-refractivity contribution in [3.63, 3.8) is 0 Å². The molecule has 1 unspecified atom stereocenters. The predicted molar refractivity (Wildman–Crippen MR) is 37.7 cm³/mol. The van der Waals surface area contributed by atoms with Crippen molar-refractivity contribution in [3.8, 4) is 0 Å². The first-order valence-electron chi connectivity index (χ1n) is 3.48. The largest absolute Gasteiger partial charge is 0.451 e. The summed E-state index contributed by atoms with van der Waals surface area (Å²) in [6.07, 6.45) is -3.47. The molecule has 0 aliphatic rings. The fraction of sp³-hybridized carbons (Fsp3) is 0.429. The minimum absolute atomic E-state index is 0.257. The summed E-state index contributed by atoms with van der Waals surface area (Å²) in [6.45, 7) is 1.42. The summed E-state index contributed by atoms with van der Waals surface area (Å²) in [5.74, 6) is -1.20. The van der Waals surface area contributed by atoms with Crippen molar-refractivity contribution in [2.24, 2.45) is 0 Å². The molecule has 72 valence electrons. The lowest BCUT2D eigenvalue weighted by Gasteiger charge is -2.06. The maximum atomic E-state index is 11.9. The van der Waals surface area contributed by atoms with E-state index in [4.69, 9.17) is 5.11 Å². The Kier molecular flexibility index (Phi) is 2.51. The molecule has 1 aromatic rings. The van der Waals surface area contributed by atoms with E-state index in [9.17, 15) is 13.2 Å². The van der Waals surface area contributed by atoms with Crippen molar-refractivity contribution in [1.29, 1.82) is 0 Å². The zero-order chi connectivity index (χ0) is 10.1. The summed E-state index contributed by atoms with van der Waals surface area (Å²) in [4.78, 5) is 6.15. The van der Waals surface area contributed by atoms with Crippen LogP contribution in [0.2, 0.25) is 0 Å². The monoisotopic (exact) mass is 192 g/mol. The number of nitrogens with zero attached hydrogens (tertiary/aromatic N) is 2. The van der Waals surface area contributed by atoms with E-state index >= 15 is 0 Å². The van der Waals surface area contributed by atoms with E-state index in [1.807, 2.05) is 0 Å². The molecule has 1 N–H and O–H groups in total. The van der Waals surface area contributed by atoms with Crippen LogP contribution < -0.4 is 0 Å². The first kappa shape index (κ1) is 9.91. The van der Waals surface area contributed by atoms with Crippen LogP contribution in [0.3, 0.4) is 0 Å². The Morgan fingerprint density at radius 2 is 1.77 bits per heavy atom. The van der Waals surface area contributed by atoms with Crippen molar-refractivity contribution in [1.82, 2.24) is 9.97 Å². The molecule has 0 spiro atoms. The predicted octanol–water partition coefficient (Wildman–Crippen LogP) is 1.55. The van der Waals surface area contributed by atoms with Crippen molar-refractivity contribution < 1.29 is 18.3 Å². The lowest BCUT2D eigenvalue weighted by molar-refractivity contribution is -0.145. The Morgan fingerprint density at radius 3 is 2.08 bits per heavy atom. The molecule has 0 bridgehead atoms. The van der Waals surface area contributed by atoms with Crippen LogP contribution in [0, 0.1) is 0 Å². The lowest BCUT2D eigenvalue weighted by Crippen LogP contribution is -2.11. The second kappa shape index (κ2) is 3.29.